The molecule has 0 aromatic heterocycles. The van der Waals surface area contributed by atoms with Crippen LogP contribution >= 0.6 is 0 Å². The molecule has 7 heteroatoms. The Labute approximate surface area is 86.7 Å². The van der Waals surface area contributed by atoms with Gasteiger partial charge < -0.3 is 20.6 Å². The molecule has 1 atom stereocenters. The summed E-state index contributed by atoms with van der Waals surface area (Å²) in [7, 11) is 0. The Morgan fingerprint density at radius 1 is 1.20 bits per heavy atom. The molecule has 88 valence electrons. The van der Waals surface area contributed by atoms with Crippen molar-refractivity contribution < 1.29 is 29.7 Å². The van der Waals surface area contributed by atoms with Crippen molar-refractivity contribution in [2.24, 2.45) is 0 Å². The fourth-order valence-electron chi connectivity index (χ4n) is 0.632. The largest absolute Gasteiger partial charge is 0.481 e. The van der Waals surface area contributed by atoms with E-state index in [-0.39, 0.29) is 13.0 Å². The number of carboxylic acids is 2. The van der Waals surface area contributed by atoms with Crippen LogP contribution in [-0.4, -0.2) is 45.8 Å². The molecule has 0 aliphatic rings. The van der Waals surface area contributed by atoms with E-state index in [1.807, 2.05) is 0 Å². The fourth-order valence-corrected chi connectivity index (χ4v) is 0.632. The number of carbonyl (C=O) groups excluding carboxylic acids is 1. The van der Waals surface area contributed by atoms with Crippen LogP contribution < -0.4 is 5.32 Å². The van der Waals surface area contributed by atoms with Crippen molar-refractivity contribution >= 4 is 17.8 Å². The summed E-state index contributed by atoms with van der Waals surface area (Å²) in [4.78, 5) is 29.7. The van der Waals surface area contributed by atoms with Gasteiger partial charge in [0.1, 0.15) is 6.04 Å². The van der Waals surface area contributed by atoms with Gasteiger partial charge in [-0.3, -0.25) is 9.59 Å². The molecule has 0 radical (unpaired) electrons. The van der Waals surface area contributed by atoms with Crippen molar-refractivity contribution in [1.29, 1.82) is 0 Å². The van der Waals surface area contributed by atoms with E-state index in [0.717, 1.165) is 6.92 Å². The minimum absolute atomic E-state index is 0.0366. The third-order valence-corrected chi connectivity index (χ3v) is 1.09. The maximum absolute atomic E-state index is 10.4. The minimum Gasteiger partial charge on any atom is -0.481 e. The van der Waals surface area contributed by atoms with Gasteiger partial charge in [0.2, 0.25) is 5.91 Å². The molecule has 7 nitrogen and oxygen atoms in total. The average molecular weight is 221 g/mol. The van der Waals surface area contributed by atoms with E-state index >= 15 is 0 Å². The SMILES string of the molecule is CC(=O)N[C@@H](CCO)C(=O)O.CC(=O)O. The van der Waals surface area contributed by atoms with Gasteiger partial charge in [0.05, 0.1) is 0 Å². The van der Waals surface area contributed by atoms with Crippen LogP contribution in [0.5, 0.6) is 0 Å². The van der Waals surface area contributed by atoms with Crippen LogP contribution in [0.3, 0.4) is 0 Å². The number of aliphatic hydroxyl groups excluding tert-OH is 1. The van der Waals surface area contributed by atoms with Gasteiger partial charge in [0.15, 0.2) is 0 Å². The van der Waals surface area contributed by atoms with Crippen molar-refractivity contribution in [2.45, 2.75) is 26.3 Å². The maximum Gasteiger partial charge on any atom is 0.326 e. The highest BCUT2D eigenvalue weighted by molar-refractivity contribution is 5.81. The summed E-state index contributed by atoms with van der Waals surface area (Å²) < 4.78 is 0. The second-order valence-corrected chi connectivity index (χ2v) is 2.62. The van der Waals surface area contributed by atoms with E-state index in [0.29, 0.717) is 0 Å². The number of hydrogen-bond acceptors (Lipinski definition) is 4. The lowest BCUT2D eigenvalue weighted by atomic mass is 10.2. The number of carbonyl (C=O) groups is 3. The molecule has 0 aromatic carbocycles. The lowest BCUT2D eigenvalue weighted by Gasteiger charge is -2.10. The summed E-state index contributed by atoms with van der Waals surface area (Å²) in [6, 6.07) is -0.975. The smallest absolute Gasteiger partial charge is 0.326 e. The number of rotatable bonds is 4. The molecule has 0 unspecified atom stereocenters. The zero-order valence-corrected chi connectivity index (χ0v) is 8.56. The van der Waals surface area contributed by atoms with E-state index in [1.165, 1.54) is 6.92 Å². The number of aliphatic carboxylic acids is 2. The van der Waals surface area contributed by atoms with Gasteiger partial charge in [0.25, 0.3) is 5.97 Å². The van der Waals surface area contributed by atoms with Crippen LogP contribution in [0.2, 0.25) is 0 Å². The molecule has 0 aromatic rings. The summed E-state index contributed by atoms with van der Waals surface area (Å²) in [5, 5.41) is 26.4. The van der Waals surface area contributed by atoms with Crippen LogP contribution in [0.15, 0.2) is 0 Å². The highest BCUT2D eigenvalue weighted by Crippen LogP contribution is 1.90. The molecular weight excluding hydrogens is 206 g/mol. The van der Waals surface area contributed by atoms with Gasteiger partial charge in [0, 0.05) is 26.9 Å². The lowest BCUT2D eigenvalue weighted by Crippen LogP contribution is -2.40. The zero-order valence-electron chi connectivity index (χ0n) is 8.56. The second-order valence-electron chi connectivity index (χ2n) is 2.62. The molecule has 1 amide bonds. The van der Waals surface area contributed by atoms with Gasteiger partial charge >= 0.3 is 5.97 Å². The fraction of sp³-hybridized carbons (Fsp3) is 0.625. The number of carboxylic acid groups (broad SMARTS) is 2. The Hall–Kier alpha value is -1.63. The first-order chi connectivity index (χ1) is 6.81. The molecule has 0 saturated heterocycles. The number of hydrogen-bond donors (Lipinski definition) is 4. The third-order valence-electron chi connectivity index (χ3n) is 1.09. The summed E-state index contributed by atoms with van der Waals surface area (Å²) in [6.07, 6.45) is 0.0366. The van der Waals surface area contributed by atoms with Crippen LogP contribution in [0, 0.1) is 0 Å². The molecule has 0 spiro atoms. The van der Waals surface area contributed by atoms with E-state index in [9.17, 15) is 9.59 Å². The molecular formula is C8H15NO6. The molecule has 0 aliphatic carbocycles. The molecule has 0 fully saturated rings. The quantitative estimate of drug-likeness (QED) is 0.485. The van der Waals surface area contributed by atoms with Gasteiger partial charge in [-0.2, -0.15) is 0 Å². The monoisotopic (exact) mass is 221 g/mol. The molecule has 0 bridgehead atoms. The Kier molecular flexibility index (Phi) is 9.44. The van der Waals surface area contributed by atoms with E-state index < -0.39 is 23.9 Å². The minimum atomic E-state index is -1.13. The highest BCUT2D eigenvalue weighted by Gasteiger charge is 2.16. The lowest BCUT2D eigenvalue weighted by molar-refractivity contribution is -0.142. The summed E-state index contributed by atoms with van der Waals surface area (Å²) >= 11 is 0. The molecule has 0 aliphatic heterocycles. The van der Waals surface area contributed by atoms with Crippen LogP contribution in [0.4, 0.5) is 0 Å². The van der Waals surface area contributed by atoms with Gasteiger partial charge in [-0.15, -0.1) is 0 Å². The molecule has 0 heterocycles. The van der Waals surface area contributed by atoms with Crippen LogP contribution in [0.1, 0.15) is 20.3 Å². The van der Waals surface area contributed by atoms with Crippen molar-refractivity contribution in [2.75, 3.05) is 6.61 Å². The second kappa shape index (κ2) is 8.95. The van der Waals surface area contributed by atoms with E-state index in [4.69, 9.17) is 20.1 Å². The summed E-state index contributed by atoms with van der Waals surface area (Å²) in [5.41, 5.74) is 0. The van der Waals surface area contributed by atoms with E-state index in [2.05, 4.69) is 5.32 Å². The molecule has 4 N–H and O–H groups in total. The van der Waals surface area contributed by atoms with Crippen molar-refractivity contribution in [3.8, 4) is 0 Å². The summed E-state index contributed by atoms with van der Waals surface area (Å²) in [5.74, 6) is -2.37. The Morgan fingerprint density at radius 3 is 1.80 bits per heavy atom. The Morgan fingerprint density at radius 2 is 1.60 bits per heavy atom. The summed E-state index contributed by atoms with van der Waals surface area (Å²) in [6.45, 7) is 2.06. The van der Waals surface area contributed by atoms with E-state index in [1.54, 1.807) is 0 Å². The van der Waals surface area contributed by atoms with Crippen molar-refractivity contribution in [3.05, 3.63) is 0 Å². The van der Waals surface area contributed by atoms with Gasteiger partial charge in [-0.1, -0.05) is 0 Å². The predicted octanol–water partition coefficient (Wildman–Crippen LogP) is -0.951. The topological polar surface area (TPSA) is 124 Å². The van der Waals surface area contributed by atoms with Crippen LogP contribution in [-0.2, 0) is 14.4 Å². The molecule has 0 saturated carbocycles. The van der Waals surface area contributed by atoms with Gasteiger partial charge in [-0.25, -0.2) is 4.79 Å². The number of aliphatic hydroxyl groups is 1. The zero-order chi connectivity index (χ0) is 12.4. The maximum atomic E-state index is 10.4. The Balaban J connectivity index is 0. The first-order valence-electron chi connectivity index (χ1n) is 4.11. The van der Waals surface area contributed by atoms with Crippen molar-refractivity contribution in [3.63, 3.8) is 0 Å². The third kappa shape index (κ3) is 15.2. The predicted molar refractivity (Wildman–Crippen MR) is 50.3 cm³/mol. The normalized spacial score (nSPS) is 10.6. The van der Waals surface area contributed by atoms with Crippen LogP contribution in [0.25, 0.3) is 0 Å². The Bertz CT molecular complexity index is 223. The first-order valence-corrected chi connectivity index (χ1v) is 4.11. The first kappa shape index (κ1) is 15.8. The standard InChI is InChI=1S/C6H11NO4.C2H4O2/c1-4(9)7-5(2-3-8)6(10)11;1-2(3)4/h5,8H,2-3H2,1H3,(H,7,9)(H,10,11);1H3,(H,3,4)/t5-;/m0./s1. The average Bonchev–Trinajstić information content (AvgIpc) is 2.01. The molecule has 15 heavy (non-hydrogen) atoms. The van der Waals surface area contributed by atoms with Crippen molar-refractivity contribution in [1.82, 2.24) is 5.32 Å². The van der Waals surface area contributed by atoms with Gasteiger partial charge in [-0.05, 0) is 0 Å². The molecule has 0 rings (SSSR count). The highest BCUT2D eigenvalue weighted by atomic mass is 16.4. The number of amides is 1. The number of nitrogens with one attached hydrogen (secondary N) is 1.